The topological polar surface area (TPSA) is 141 Å². The first-order chi connectivity index (χ1) is 20.5. The number of benzene rings is 2. The van der Waals surface area contributed by atoms with Gasteiger partial charge in [0.1, 0.15) is 17.9 Å². The van der Waals surface area contributed by atoms with Gasteiger partial charge in [-0.3, -0.25) is 19.6 Å². The Labute approximate surface area is 252 Å². The van der Waals surface area contributed by atoms with E-state index in [1.807, 2.05) is 19.1 Å². The van der Waals surface area contributed by atoms with Gasteiger partial charge in [0.2, 0.25) is 5.78 Å². The molecule has 11 heteroatoms. The number of Topliss-reactive ketones (excluding diaryl/α,β-unsaturated/α-hetero) is 1. The van der Waals surface area contributed by atoms with Crippen LogP contribution in [0.2, 0.25) is 0 Å². The van der Waals surface area contributed by atoms with Crippen molar-refractivity contribution < 1.29 is 43.3 Å². The van der Waals surface area contributed by atoms with E-state index in [2.05, 4.69) is 0 Å². The molecule has 3 rings (SSSR count). The first-order valence-electron chi connectivity index (χ1n) is 14.5. The molecule has 234 valence electrons. The minimum Gasteiger partial charge on any atom is -0.493 e. The standard InChI is InChI=1S/C32H42N2O9/c1-6-32(2,3)29(36)30(37)34-17-8-7-12-24(34)31(38)43-25(15-13-21-14-16-26(40-4)27(18-21)41-5)22-10-9-11-23(19-22)42-20-28(35)33-39/h9-11,14,16,18-19,24-25,39H,6-8,12-13,15,17,20H2,1-5H3,(H,33,35)/t24?,25-/m1/s1. The van der Waals surface area contributed by atoms with E-state index in [1.54, 1.807) is 58.4 Å². The normalized spacial score (nSPS) is 15.7. The number of aryl methyl sites for hydroxylation is 1. The number of ketones is 1. The van der Waals surface area contributed by atoms with E-state index in [-0.39, 0.29) is 0 Å². The SMILES string of the molecule is CCC(C)(C)C(=O)C(=O)N1CCCCC1C(=O)O[C@H](CCc1ccc(OC)c(OC)c1)c1cccc(OCC(=O)NO)c1. The molecule has 0 radical (unpaired) electrons. The van der Waals surface area contributed by atoms with Crippen LogP contribution in [-0.2, 0) is 30.3 Å². The highest BCUT2D eigenvalue weighted by atomic mass is 16.5. The molecule has 0 saturated carbocycles. The van der Waals surface area contributed by atoms with Crippen molar-refractivity contribution in [1.29, 1.82) is 0 Å². The van der Waals surface area contributed by atoms with E-state index in [4.69, 9.17) is 24.2 Å². The number of rotatable bonds is 14. The maximum Gasteiger partial charge on any atom is 0.329 e. The summed E-state index contributed by atoms with van der Waals surface area (Å²) in [6, 6.07) is 11.5. The number of nitrogens with zero attached hydrogens (tertiary/aromatic N) is 1. The lowest BCUT2D eigenvalue weighted by atomic mass is 9.84. The lowest BCUT2D eigenvalue weighted by Gasteiger charge is -2.36. The molecule has 1 fully saturated rings. The number of ether oxygens (including phenoxy) is 4. The van der Waals surface area contributed by atoms with Crippen molar-refractivity contribution in [2.45, 2.75) is 71.4 Å². The average Bonchev–Trinajstić information content (AvgIpc) is 3.04. The molecule has 2 aromatic carbocycles. The van der Waals surface area contributed by atoms with Gasteiger partial charge in [-0.1, -0.05) is 39.0 Å². The molecule has 0 spiro atoms. The number of hydrogen-bond acceptors (Lipinski definition) is 9. The molecule has 2 amide bonds. The summed E-state index contributed by atoms with van der Waals surface area (Å²) in [5, 5.41) is 8.78. The van der Waals surface area contributed by atoms with Gasteiger partial charge in [-0.05, 0) is 73.9 Å². The first kappa shape index (κ1) is 33.4. The summed E-state index contributed by atoms with van der Waals surface area (Å²) in [5.74, 6) is -0.973. The zero-order valence-electron chi connectivity index (χ0n) is 25.5. The highest BCUT2D eigenvalue weighted by Gasteiger charge is 2.41. The van der Waals surface area contributed by atoms with E-state index >= 15 is 0 Å². The Kier molecular flexibility index (Phi) is 11.9. The Morgan fingerprint density at radius 3 is 2.47 bits per heavy atom. The van der Waals surface area contributed by atoms with Crippen LogP contribution in [0.3, 0.4) is 0 Å². The van der Waals surface area contributed by atoms with Gasteiger partial charge in [0.05, 0.1) is 14.2 Å². The fourth-order valence-electron chi connectivity index (χ4n) is 4.83. The zero-order chi connectivity index (χ0) is 31.6. The summed E-state index contributed by atoms with van der Waals surface area (Å²) in [6.45, 7) is 5.21. The summed E-state index contributed by atoms with van der Waals surface area (Å²) >= 11 is 0. The van der Waals surface area contributed by atoms with Gasteiger partial charge in [0.25, 0.3) is 11.8 Å². The molecular formula is C32H42N2O9. The number of esters is 1. The number of methoxy groups -OCH3 is 2. The summed E-state index contributed by atoms with van der Waals surface area (Å²) in [6.07, 6.45) is 2.46. The maximum atomic E-state index is 13.7. The number of piperidine rings is 1. The Bertz CT molecular complexity index is 1290. The van der Waals surface area contributed by atoms with Crippen molar-refractivity contribution >= 4 is 23.6 Å². The van der Waals surface area contributed by atoms with E-state index in [9.17, 15) is 19.2 Å². The second-order valence-electron chi connectivity index (χ2n) is 11.1. The smallest absolute Gasteiger partial charge is 0.329 e. The molecule has 2 aromatic rings. The number of carbonyl (C=O) groups is 4. The third kappa shape index (κ3) is 8.70. The number of carbonyl (C=O) groups excluding carboxylic acids is 4. The van der Waals surface area contributed by atoms with Crippen molar-refractivity contribution in [3.63, 3.8) is 0 Å². The van der Waals surface area contributed by atoms with Crippen LogP contribution in [0.1, 0.15) is 70.1 Å². The van der Waals surface area contributed by atoms with E-state index in [1.165, 1.54) is 10.4 Å². The van der Waals surface area contributed by atoms with Crippen LogP contribution in [-0.4, -0.2) is 67.1 Å². The summed E-state index contributed by atoms with van der Waals surface area (Å²) in [5.41, 5.74) is 2.22. The minimum absolute atomic E-state index is 0.302. The van der Waals surface area contributed by atoms with Gasteiger partial charge in [0.15, 0.2) is 18.1 Å². The summed E-state index contributed by atoms with van der Waals surface area (Å²) < 4.78 is 22.3. The average molecular weight is 599 g/mol. The minimum atomic E-state index is -0.880. The fourth-order valence-corrected chi connectivity index (χ4v) is 4.83. The Morgan fingerprint density at radius 2 is 1.79 bits per heavy atom. The van der Waals surface area contributed by atoms with Gasteiger partial charge >= 0.3 is 5.97 Å². The molecule has 43 heavy (non-hydrogen) atoms. The summed E-state index contributed by atoms with van der Waals surface area (Å²) in [7, 11) is 3.11. The second-order valence-corrected chi connectivity index (χ2v) is 11.1. The molecule has 0 bridgehead atoms. The molecule has 0 aromatic heterocycles. The Morgan fingerprint density at radius 1 is 1.05 bits per heavy atom. The molecule has 1 saturated heterocycles. The van der Waals surface area contributed by atoms with Crippen molar-refractivity contribution in [2.24, 2.45) is 5.41 Å². The fraction of sp³-hybridized carbons (Fsp3) is 0.500. The molecule has 2 atom stereocenters. The van der Waals surface area contributed by atoms with E-state index in [0.29, 0.717) is 61.5 Å². The predicted molar refractivity (Wildman–Crippen MR) is 157 cm³/mol. The molecule has 2 N–H and O–H groups in total. The zero-order valence-corrected chi connectivity index (χ0v) is 25.5. The molecule has 1 unspecified atom stereocenters. The second kappa shape index (κ2) is 15.4. The van der Waals surface area contributed by atoms with Crippen molar-refractivity contribution in [3.8, 4) is 17.2 Å². The first-order valence-corrected chi connectivity index (χ1v) is 14.5. The van der Waals surface area contributed by atoms with Gasteiger partial charge in [-0.25, -0.2) is 10.3 Å². The Hall–Kier alpha value is -4.12. The highest BCUT2D eigenvalue weighted by Crippen LogP contribution is 2.32. The third-order valence-corrected chi connectivity index (χ3v) is 7.85. The van der Waals surface area contributed by atoms with E-state index in [0.717, 1.165) is 12.0 Å². The summed E-state index contributed by atoms with van der Waals surface area (Å²) in [4.78, 5) is 52.8. The van der Waals surface area contributed by atoms with Crippen molar-refractivity contribution in [1.82, 2.24) is 10.4 Å². The molecule has 1 aliphatic heterocycles. The van der Waals surface area contributed by atoms with Crippen LogP contribution < -0.4 is 19.7 Å². The van der Waals surface area contributed by atoms with Crippen molar-refractivity contribution in [3.05, 3.63) is 53.6 Å². The monoisotopic (exact) mass is 598 g/mol. The number of likely N-dealkylation sites (tertiary alicyclic amines) is 1. The van der Waals surface area contributed by atoms with Gasteiger partial charge in [-0.2, -0.15) is 0 Å². The highest BCUT2D eigenvalue weighted by molar-refractivity contribution is 6.38. The molecule has 11 nitrogen and oxygen atoms in total. The van der Waals surface area contributed by atoms with Gasteiger partial charge < -0.3 is 23.8 Å². The van der Waals surface area contributed by atoms with Gasteiger partial charge in [0, 0.05) is 12.0 Å². The molecule has 1 aliphatic rings. The number of hydrogen-bond donors (Lipinski definition) is 2. The van der Waals surface area contributed by atoms with Crippen LogP contribution in [0.25, 0.3) is 0 Å². The Balaban J connectivity index is 1.87. The third-order valence-electron chi connectivity index (χ3n) is 7.85. The van der Waals surface area contributed by atoms with E-state index < -0.39 is 47.7 Å². The van der Waals surface area contributed by atoms with Crippen molar-refractivity contribution in [2.75, 3.05) is 27.4 Å². The number of hydroxylamine groups is 1. The molecule has 0 aliphatic carbocycles. The molecule has 1 heterocycles. The largest absolute Gasteiger partial charge is 0.493 e. The van der Waals surface area contributed by atoms with Crippen LogP contribution in [0.4, 0.5) is 0 Å². The number of amides is 2. The maximum absolute atomic E-state index is 13.7. The number of nitrogens with one attached hydrogen (secondary N) is 1. The lowest BCUT2D eigenvalue weighted by molar-refractivity contribution is -0.164. The van der Waals surface area contributed by atoms with Gasteiger partial charge in [-0.15, -0.1) is 0 Å². The quantitative estimate of drug-likeness (QED) is 0.142. The van der Waals surface area contributed by atoms with Crippen LogP contribution in [0.15, 0.2) is 42.5 Å². The lowest BCUT2D eigenvalue weighted by Crippen LogP contribution is -2.53. The molecular weight excluding hydrogens is 556 g/mol. The van der Waals surface area contributed by atoms with Crippen LogP contribution in [0, 0.1) is 5.41 Å². The van der Waals surface area contributed by atoms with Crippen LogP contribution in [0.5, 0.6) is 17.2 Å². The van der Waals surface area contributed by atoms with Crippen LogP contribution >= 0.6 is 0 Å². The predicted octanol–water partition coefficient (Wildman–Crippen LogP) is 4.19.